The van der Waals surface area contributed by atoms with E-state index in [1.54, 1.807) is 38.3 Å². The fraction of sp³-hybridized carbons (Fsp3) is 0.333. The second kappa shape index (κ2) is 10.1. The number of amides is 2. The molecule has 2 atom stereocenters. The molecule has 0 aromatic heterocycles. The fourth-order valence-electron chi connectivity index (χ4n) is 4.75. The van der Waals surface area contributed by atoms with Crippen molar-refractivity contribution in [3.8, 4) is 11.5 Å². The third kappa shape index (κ3) is 5.08. The fourth-order valence-corrected chi connectivity index (χ4v) is 4.75. The third-order valence-electron chi connectivity index (χ3n) is 6.99. The van der Waals surface area contributed by atoms with E-state index in [1.165, 1.54) is 11.1 Å². The van der Waals surface area contributed by atoms with Crippen molar-refractivity contribution in [2.75, 3.05) is 19.0 Å². The Bertz CT molecular complexity index is 1250. The van der Waals surface area contributed by atoms with Crippen molar-refractivity contribution >= 4 is 17.5 Å². The average molecular weight is 485 g/mol. The minimum absolute atomic E-state index is 0.153. The van der Waals surface area contributed by atoms with E-state index < -0.39 is 6.10 Å². The molecule has 1 fully saturated rings. The first-order chi connectivity index (χ1) is 17.4. The lowest BCUT2D eigenvalue weighted by atomic mass is 9.87. The van der Waals surface area contributed by atoms with E-state index in [1.807, 2.05) is 17.0 Å². The first-order valence-corrected chi connectivity index (χ1v) is 12.5. The van der Waals surface area contributed by atoms with E-state index in [4.69, 9.17) is 9.47 Å². The van der Waals surface area contributed by atoms with Crippen LogP contribution in [-0.4, -0.2) is 36.5 Å². The lowest BCUT2D eigenvalue weighted by Crippen LogP contribution is -2.41. The highest BCUT2D eigenvalue weighted by atomic mass is 16.5. The van der Waals surface area contributed by atoms with Crippen molar-refractivity contribution in [2.24, 2.45) is 5.92 Å². The molecule has 0 spiro atoms. The van der Waals surface area contributed by atoms with Gasteiger partial charge in [0, 0.05) is 18.2 Å². The van der Waals surface area contributed by atoms with Gasteiger partial charge in [0.05, 0.1) is 13.2 Å². The summed E-state index contributed by atoms with van der Waals surface area (Å²) in [6.45, 7) is 4.51. The molecule has 6 nitrogen and oxygen atoms in total. The van der Waals surface area contributed by atoms with Crippen LogP contribution in [0.3, 0.4) is 0 Å². The molecule has 1 aliphatic carbocycles. The monoisotopic (exact) mass is 484 g/mol. The molecule has 2 aliphatic rings. The van der Waals surface area contributed by atoms with Gasteiger partial charge < -0.3 is 19.7 Å². The number of rotatable bonds is 7. The van der Waals surface area contributed by atoms with E-state index in [-0.39, 0.29) is 23.8 Å². The second-order valence-corrected chi connectivity index (χ2v) is 9.71. The largest absolute Gasteiger partial charge is 0.497 e. The maximum Gasteiger partial charge on any atom is 0.265 e. The third-order valence-corrected chi connectivity index (χ3v) is 6.99. The van der Waals surface area contributed by atoms with Gasteiger partial charge in [0.1, 0.15) is 11.5 Å². The summed E-state index contributed by atoms with van der Waals surface area (Å²) in [7, 11) is 1.60. The number of nitrogens with zero attached hydrogens (tertiary/aromatic N) is 1. The molecule has 3 aromatic rings. The predicted molar refractivity (Wildman–Crippen MR) is 139 cm³/mol. The zero-order valence-electron chi connectivity index (χ0n) is 21.0. The highest BCUT2D eigenvalue weighted by Gasteiger charge is 2.39. The summed E-state index contributed by atoms with van der Waals surface area (Å²) < 4.78 is 11.2. The van der Waals surface area contributed by atoms with Crippen LogP contribution < -0.4 is 14.8 Å². The topological polar surface area (TPSA) is 67.9 Å². The lowest BCUT2D eigenvalue weighted by Gasteiger charge is -2.38. The van der Waals surface area contributed by atoms with Gasteiger partial charge in [0.25, 0.3) is 5.91 Å². The molecule has 0 saturated heterocycles. The highest BCUT2D eigenvalue weighted by molar-refractivity contribution is 5.94. The predicted octanol–water partition coefficient (Wildman–Crippen LogP) is 5.29. The van der Waals surface area contributed by atoms with Gasteiger partial charge in [-0.15, -0.1) is 0 Å². The number of carbonyl (C=O) groups excluding carboxylic acids is 2. The van der Waals surface area contributed by atoms with E-state index in [0.717, 1.165) is 36.1 Å². The minimum atomic E-state index is -0.698. The van der Waals surface area contributed by atoms with Crippen molar-refractivity contribution in [1.29, 1.82) is 0 Å². The molecule has 1 saturated carbocycles. The quantitative estimate of drug-likeness (QED) is 0.495. The van der Waals surface area contributed by atoms with Crippen molar-refractivity contribution in [3.05, 3.63) is 89.0 Å². The van der Waals surface area contributed by atoms with Gasteiger partial charge in [0.15, 0.2) is 6.10 Å². The first-order valence-electron chi connectivity index (χ1n) is 12.5. The molecule has 1 N–H and O–H groups in total. The number of nitrogens with one attached hydrogen (secondary N) is 1. The molecule has 186 valence electrons. The molecule has 2 amide bonds. The Hall–Kier alpha value is -3.80. The summed E-state index contributed by atoms with van der Waals surface area (Å²) in [6.07, 6.45) is 2.07. The van der Waals surface area contributed by atoms with Crippen LogP contribution in [0, 0.1) is 12.8 Å². The molecule has 5 rings (SSSR count). The molecule has 36 heavy (non-hydrogen) atoms. The maximum atomic E-state index is 13.2. The van der Waals surface area contributed by atoms with Crippen LogP contribution in [0.2, 0.25) is 0 Å². The summed E-state index contributed by atoms with van der Waals surface area (Å²) in [5.74, 6) is 1.50. The molecular weight excluding hydrogens is 452 g/mol. The zero-order chi connectivity index (χ0) is 25.2. The zero-order valence-corrected chi connectivity index (χ0v) is 21.0. The summed E-state index contributed by atoms with van der Waals surface area (Å²) in [6, 6.07) is 21.4. The molecule has 3 aromatic carbocycles. The van der Waals surface area contributed by atoms with Crippen LogP contribution in [0.5, 0.6) is 11.5 Å². The molecule has 1 heterocycles. The van der Waals surface area contributed by atoms with Crippen molar-refractivity contribution in [1.82, 2.24) is 4.90 Å². The van der Waals surface area contributed by atoms with Crippen LogP contribution in [0.15, 0.2) is 66.7 Å². The number of ether oxygens (including phenoxy) is 2. The van der Waals surface area contributed by atoms with Gasteiger partial charge in [-0.05, 0) is 86.2 Å². The summed E-state index contributed by atoms with van der Waals surface area (Å²) in [5, 5.41) is 2.88. The number of benzene rings is 3. The highest BCUT2D eigenvalue weighted by Crippen LogP contribution is 2.41. The number of hydrogen-bond donors (Lipinski definition) is 1. The van der Waals surface area contributed by atoms with Crippen LogP contribution in [0.4, 0.5) is 5.69 Å². The molecule has 0 unspecified atom stereocenters. The number of anilines is 1. The Morgan fingerprint density at radius 2 is 1.67 bits per heavy atom. The molecule has 0 bridgehead atoms. The number of aryl methyl sites for hydroxylation is 1. The first kappa shape index (κ1) is 23.9. The maximum absolute atomic E-state index is 13.2. The van der Waals surface area contributed by atoms with Crippen LogP contribution in [0.25, 0.3) is 0 Å². The molecule has 1 aliphatic heterocycles. The van der Waals surface area contributed by atoms with Gasteiger partial charge in [-0.2, -0.15) is 0 Å². The summed E-state index contributed by atoms with van der Waals surface area (Å²) in [4.78, 5) is 28.0. The number of fused-ring (bicyclic) bond motifs is 1. The summed E-state index contributed by atoms with van der Waals surface area (Å²) in [5.41, 5.74) is 5.24. The van der Waals surface area contributed by atoms with Gasteiger partial charge in [-0.1, -0.05) is 35.9 Å². The Morgan fingerprint density at radius 1 is 0.972 bits per heavy atom. The Morgan fingerprint density at radius 3 is 2.33 bits per heavy atom. The standard InChI is InChI=1S/C30H32N2O4/c1-19-4-6-22(7-5-19)28-27-18-26(13-10-21(27)16-17-32(28)30(34)23-8-9-23)36-20(2)29(33)31-24-11-14-25(35-3)15-12-24/h4-7,10-15,18,20,23,28H,8-9,16-17H2,1-3H3,(H,31,33)/t20-,28+/m0/s1. The average Bonchev–Trinajstić information content (AvgIpc) is 3.74. The van der Waals surface area contributed by atoms with Gasteiger partial charge >= 0.3 is 0 Å². The van der Waals surface area contributed by atoms with E-state index in [9.17, 15) is 9.59 Å². The van der Waals surface area contributed by atoms with E-state index >= 15 is 0 Å². The molecule has 0 radical (unpaired) electrons. The van der Waals surface area contributed by atoms with Crippen molar-refractivity contribution in [3.63, 3.8) is 0 Å². The second-order valence-electron chi connectivity index (χ2n) is 9.71. The van der Waals surface area contributed by atoms with Crippen LogP contribution in [-0.2, 0) is 16.0 Å². The SMILES string of the molecule is COc1ccc(NC(=O)[C@H](C)Oc2ccc3c(c2)[C@@H](c2ccc(C)cc2)N(C(=O)C2CC2)CC3)cc1. The normalized spacial score (nSPS) is 17.6. The smallest absolute Gasteiger partial charge is 0.265 e. The lowest BCUT2D eigenvalue weighted by molar-refractivity contribution is -0.134. The number of methoxy groups -OCH3 is 1. The van der Waals surface area contributed by atoms with Gasteiger partial charge in [0.2, 0.25) is 5.91 Å². The molecular formula is C30H32N2O4. The van der Waals surface area contributed by atoms with E-state index in [2.05, 4.69) is 42.6 Å². The number of hydrogen-bond acceptors (Lipinski definition) is 4. The van der Waals surface area contributed by atoms with Crippen molar-refractivity contribution < 1.29 is 19.1 Å². The van der Waals surface area contributed by atoms with Gasteiger partial charge in [-0.3, -0.25) is 9.59 Å². The van der Waals surface area contributed by atoms with Crippen LogP contribution >= 0.6 is 0 Å². The summed E-state index contributed by atoms with van der Waals surface area (Å²) >= 11 is 0. The van der Waals surface area contributed by atoms with Crippen molar-refractivity contribution in [2.45, 2.75) is 45.3 Å². The Kier molecular flexibility index (Phi) is 6.68. The number of carbonyl (C=O) groups is 2. The Balaban J connectivity index is 1.38. The van der Waals surface area contributed by atoms with E-state index in [0.29, 0.717) is 18.0 Å². The Labute approximate surface area is 212 Å². The minimum Gasteiger partial charge on any atom is -0.497 e. The van der Waals surface area contributed by atoms with Crippen LogP contribution in [0.1, 0.15) is 48.1 Å². The molecule has 6 heteroatoms. The van der Waals surface area contributed by atoms with Gasteiger partial charge in [-0.25, -0.2) is 0 Å².